The molecule has 0 unspecified atom stereocenters. The highest BCUT2D eigenvalue weighted by molar-refractivity contribution is 5.95. The topological polar surface area (TPSA) is 69.0 Å². The number of methoxy groups -OCH3 is 1. The molecule has 6 heteroatoms. The van der Waals surface area contributed by atoms with E-state index >= 15 is 0 Å². The zero-order valence-electron chi connectivity index (χ0n) is 14.5. The molecule has 1 N–H and O–H groups in total. The first-order valence-corrected chi connectivity index (χ1v) is 8.33. The summed E-state index contributed by atoms with van der Waals surface area (Å²) in [6.07, 6.45) is 6.71. The molecular weight excluding hydrogens is 316 g/mol. The van der Waals surface area contributed by atoms with Crippen LogP contribution < -0.4 is 5.32 Å². The maximum Gasteiger partial charge on any atom is 0.310 e. The summed E-state index contributed by atoms with van der Waals surface area (Å²) >= 11 is 0. The fraction of sp³-hybridized carbons (Fsp3) is 0.316. The van der Waals surface area contributed by atoms with Crippen molar-refractivity contribution < 1.29 is 9.53 Å². The summed E-state index contributed by atoms with van der Waals surface area (Å²) in [5.41, 5.74) is 3.64. The number of aromatic nitrogens is 3. The number of fused-ring (bicyclic) bond motifs is 1. The average Bonchev–Trinajstić information content (AvgIpc) is 3.14. The van der Waals surface area contributed by atoms with Gasteiger partial charge in [-0.05, 0) is 19.4 Å². The number of carbonyl (C=O) groups excluding carboxylic acids is 1. The molecule has 0 radical (unpaired) electrons. The molecule has 0 spiro atoms. The Morgan fingerprint density at radius 3 is 2.92 bits per heavy atom. The predicted octanol–water partition coefficient (Wildman–Crippen LogP) is 2.96. The van der Waals surface area contributed by atoms with E-state index in [2.05, 4.69) is 15.3 Å². The van der Waals surface area contributed by atoms with Crippen LogP contribution in [0.2, 0.25) is 0 Å². The lowest BCUT2D eigenvalue weighted by Crippen LogP contribution is -2.13. The van der Waals surface area contributed by atoms with Gasteiger partial charge in [0, 0.05) is 47.8 Å². The molecule has 0 saturated carbocycles. The minimum Gasteiger partial charge on any atom is -0.469 e. The summed E-state index contributed by atoms with van der Waals surface area (Å²) in [5.74, 6) is -0.262. The number of pyridine rings is 1. The number of hydrogen-bond acceptors (Lipinski definition) is 5. The Bertz CT molecular complexity index is 859. The Kier molecular flexibility index (Phi) is 5.28. The normalized spacial score (nSPS) is 10.8. The third-order valence-corrected chi connectivity index (χ3v) is 4.20. The van der Waals surface area contributed by atoms with Crippen molar-refractivity contribution in [3.05, 3.63) is 54.2 Å². The Morgan fingerprint density at radius 1 is 1.32 bits per heavy atom. The van der Waals surface area contributed by atoms with Crippen LogP contribution in [0.5, 0.6) is 0 Å². The SMILES string of the molecule is COC(=O)Cc1c(C)nc2ccccc2c1NCCCn1ccnc1. The van der Waals surface area contributed by atoms with Crippen LogP contribution in [-0.2, 0) is 22.5 Å². The molecule has 0 fully saturated rings. The van der Waals surface area contributed by atoms with Gasteiger partial charge in [-0.25, -0.2) is 4.98 Å². The highest BCUT2D eigenvalue weighted by atomic mass is 16.5. The van der Waals surface area contributed by atoms with E-state index < -0.39 is 0 Å². The lowest BCUT2D eigenvalue weighted by atomic mass is 10.0. The second-order valence-corrected chi connectivity index (χ2v) is 5.90. The van der Waals surface area contributed by atoms with Crippen LogP contribution in [0.15, 0.2) is 43.0 Å². The van der Waals surface area contributed by atoms with Crippen molar-refractivity contribution >= 4 is 22.6 Å². The molecule has 0 aliphatic carbocycles. The van der Waals surface area contributed by atoms with Gasteiger partial charge in [-0.1, -0.05) is 18.2 Å². The Balaban J connectivity index is 1.84. The van der Waals surface area contributed by atoms with Gasteiger partial charge < -0.3 is 14.6 Å². The van der Waals surface area contributed by atoms with Gasteiger partial charge in [0.1, 0.15) is 0 Å². The first kappa shape index (κ1) is 17.0. The molecule has 0 saturated heterocycles. The second kappa shape index (κ2) is 7.79. The standard InChI is InChI=1S/C19H22N4O2/c1-14-16(12-18(24)25-2)19(15-6-3-4-7-17(15)22-14)21-8-5-10-23-11-9-20-13-23/h3-4,6-7,9,11,13H,5,8,10,12H2,1-2H3,(H,21,22). The quantitative estimate of drug-likeness (QED) is 0.530. The van der Waals surface area contributed by atoms with Crippen LogP contribution in [0.3, 0.4) is 0 Å². The fourth-order valence-electron chi connectivity index (χ4n) is 2.90. The molecular formula is C19H22N4O2. The minimum atomic E-state index is -0.262. The van der Waals surface area contributed by atoms with Crippen LogP contribution in [0.25, 0.3) is 10.9 Å². The Morgan fingerprint density at radius 2 is 2.16 bits per heavy atom. The molecule has 3 rings (SSSR count). The van der Waals surface area contributed by atoms with Crippen molar-refractivity contribution in [2.75, 3.05) is 19.0 Å². The van der Waals surface area contributed by atoms with E-state index in [1.165, 1.54) is 7.11 Å². The maximum absolute atomic E-state index is 11.8. The number of anilines is 1. The van der Waals surface area contributed by atoms with Crippen LogP contribution in [-0.4, -0.2) is 34.2 Å². The summed E-state index contributed by atoms with van der Waals surface area (Å²) in [7, 11) is 1.41. The number of aryl methyl sites for hydroxylation is 2. The number of rotatable bonds is 7. The van der Waals surface area contributed by atoms with E-state index in [1.807, 2.05) is 48.3 Å². The second-order valence-electron chi connectivity index (χ2n) is 5.90. The molecule has 2 heterocycles. The van der Waals surface area contributed by atoms with E-state index in [0.717, 1.165) is 47.4 Å². The molecule has 0 bridgehead atoms. The van der Waals surface area contributed by atoms with Gasteiger partial charge in [0.15, 0.2) is 0 Å². The predicted molar refractivity (Wildman–Crippen MR) is 97.5 cm³/mol. The fourth-order valence-corrected chi connectivity index (χ4v) is 2.90. The van der Waals surface area contributed by atoms with Gasteiger partial charge in [-0.3, -0.25) is 9.78 Å². The number of nitrogens with one attached hydrogen (secondary N) is 1. The molecule has 0 atom stereocenters. The molecule has 1 aromatic carbocycles. The first-order chi connectivity index (χ1) is 12.2. The van der Waals surface area contributed by atoms with Gasteiger partial charge in [0.2, 0.25) is 0 Å². The van der Waals surface area contributed by atoms with Crippen molar-refractivity contribution in [2.45, 2.75) is 26.3 Å². The van der Waals surface area contributed by atoms with Gasteiger partial charge in [0.25, 0.3) is 0 Å². The summed E-state index contributed by atoms with van der Waals surface area (Å²) in [6, 6.07) is 7.97. The molecule has 0 aliphatic heterocycles. The third kappa shape index (κ3) is 3.96. The van der Waals surface area contributed by atoms with E-state index in [1.54, 1.807) is 6.20 Å². The maximum atomic E-state index is 11.8. The Labute approximate surface area is 146 Å². The molecule has 0 amide bonds. The summed E-state index contributed by atoms with van der Waals surface area (Å²) in [5, 5.41) is 4.53. The van der Waals surface area contributed by atoms with Crippen LogP contribution in [0.1, 0.15) is 17.7 Å². The number of carbonyl (C=O) groups is 1. The van der Waals surface area contributed by atoms with Crippen molar-refractivity contribution in [1.29, 1.82) is 0 Å². The van der Waals surface area contributed by atoms with E-state index in [4.69, 9.17) is 4.74 Å². The molecule has 25 heavy (non-hydrogen) atoms. The summed E-state index contributed by atoms with van der Waals surface area (Å²) < 4.78 is 6.89. The minimum absolute atomic E-state index is 0.212. The lowest BCUT2D eigenvalue weighted by Gasteiger charge is -2.16. The van der Waals surface area contributed by atoms with Crippen molar-refractivity contribution in [3.63, 3.8) is 0 Å². The lowest BCUT2D eigenvalue weighted by molar-refractivity contribution is -0.139. The average molecular weight is 338 g/mol. The molecule has 130 valence electrons. The Hall–Kier alpha value is -2.89. The molecule has 0 aliphatic rings. The molecule has 3 aromatic rings. The molecule has 6 nitrogen and oxygen atoms in total. The van der Waals surface area contributed by atoms with Crippen molar-refractivity contribution in [1.82, 2.24) is 14.5 Å². The first-order valence-electron chi connectivity index (χ1n) is 8.33. The van der Waals surface area contributed by atoms with Crippen LogP contribution in [0.4, 0.5) is 5.69 Å². The van der Waals surface area contributed by atoms with Crippen LogP contribution >= 0.6 is 0 Å². The highest BCUT2D eigenvalue weighted by Gasteiger charge is 2.15. The van der Waals surface area contributed by atoms with Gasteiger partial charge in [-0.15, -0.1) is 0 Å². The number of imidazole rings is 1. The number of benzene rings is 1. The van der Waals surface area contributed by atoms with E-state index in [9.17, 15) is 4.79 Å². The highest BCUT2D eigenvalue weighted by Crippen LogP contribution is 2.29. The van der Waals surface area contributed by atoms with Crippen LogP contribution in [0, 0.1) is 6.92 Å². The van der Waals surface area contributed by atoms with Gasteiger partial charge in [-0.2, -0.15) is 0 Å². The summed E-state index contributed by atoms with van der Waals surface area (Å²) in [4.78, 5) is 20.5. The summed E-state index contributed by atoms with van der Waals surface area (Å²) in [6.45, 7) is 3.61. The van der Waals surface area contributed by atoms with Gasteiger partial charge in [0.05, 0.1) is 25.4 Å². The zero-order valence-corrected chi connectivity index (χ0v) is 14.5. The number of hydrogen-bond donors (Lipinski definition) is 1. The number of para-hydroxylation sites is 1. The van der Waals surface area contributed by atoms with Crippen molar-refractivity contribution in [3.8, 4) is 0 Å². The van der Waals surface area contributed by atoms with Crippen molar-refractivity contribution in [2.24, 2.45) is 0 Å². The smallest absolute Gasteiger partial charge is 0.310 e. The van der Waals surface area contributed by atoms with E-state index in [-0.39, 0.29) is 12.4 Å². The molecule has 2 aromatic heterocycles. The zero-order chi connectivity index (χ0) is 17.6. The largest absolute Gasteiger partial charge is 0.469 e. The third-order valence-electron chi connectivity index (χ3n) is 4.20. The number of esters is 1. The van der Waals surface area contributed by atoms with E-state index in [0.29, 0.717) is 0 Å². The number of nitrogens with zero attached hydrogens (tertiary/aromatic N) is 3. The number of ether oxygens (including phenoxy) is 1. The van der Waals surface area contributed by atoms with Gasteiger partial charge >= 0.3 is 5.97 Å². The monoisotopic (exact) mass is 338 g/mol.